The predicted molar refractivity (Wildman–Crippen MR) is 107 cm³/mol. The number of ether oxygens (including phenoxy) is 1. The summed E-state index contributed by atoms with van der Waals surface area (Å²) in [5.74, 6) is 0.641. The molecule has 4 aromatic rings. The summed E-state index contributed by atoms with van der Waals surface area (Å²) in [6.07, 6.45) is 5.56. The lowest BCUT2D eigenvalue weighted by Gasteiger charge is -2.23. The summed E-state index contributed by atoms with van der Waals surface area (Å²) < 4.78 is 7.30. The van der Waals surface area contributed by atoms with Gasteiger partial charge in [-0.1, -0.05) is 12.1 Å². The normalized spacial score (nSPS) is 13.5. The van der Waals surface area contributed by atoms with Gasteiger partial charge in [-0.2, -0.15) is 0 Å². The molecule has 5 rings (SSSR count). The van der Waals surface area contributed by atoms with Crippen LogP contribution in [0.1, 0.15) is 18.4 Å². The van der Waals surface area contributed by atoms with Crippen molar-refractivity contribution in [2.24, 2.45) is 0 Å². The van der Waals surface area contributed by atoms with Crippen LogP contribution in [0.5, 0.6) is 5.75 Å². The molecule has 146 valence electrons. The molecule has 29 heavy (non-hydrogen) atoms. The molecule has 0 bridgehead atoms. The van der Waals surface area contributed by atoms with Crippen LogP contribution in [0, 0.1) is 0 Å². The van der Waals surface area contributed by atoms with Crippen molar-refractivity contribution in [2.75, 3.05) is 6.61 Å². The van der Waals surface area contributed by atoms with E-state index in [4.69, 9.17) is 4.74 Å². The predicted octanol–water partition coefficient (Wildman–Crippen LogP) is 2.71. The number of carbonyl (C=O) groups is 1. The highest BCUT2D eigenvalue weighted by atomic mass is 16.5. The second-order valence-electron chi connectivity index (χ2n) is 7.19. The molecular formula is C21H20N6O2. The van der Waals surface area contributed by atoms with Crippen LogP contribution >= 0.6 is 0 Å². The molecule has 8 heteroatoms. The maximum atomic E-state index is 12.8. The number of hydrogen-bond acceptors (Lipinski definition) is 5. The number of aromatic amines is 1. The van der Waals surface area contributed by atoms with Gasteiger partial charge >= 0.3 is 0 Å². The molecule has 1 saturated carbocycles. The minimum atomic E-state index is 0.00337. The largest absolute Gasteiger partial charge is 0.484 e. The second-order valence-corrected chi connectivity index (χ2v) is 7.19. The third-order valence-electron chi connectivity index (χ3n) is 5.09. The fourth-order valence-electron chi connectivity index (χ4n) is 3.40. The Labute approximate surface area is 167 Å². The van der Waals surface area contributed by atoms with Crippen molar-refractivity contribution in [3.63, 3.8) is 0 Å². The van der Waals surface area contributed by atoms with Crippen molar-refractivity contribution in [2.45, 2.75) is 25.4 Å². The monoisotopic (exact) mass is 388 g/mol. The van der Waals surface area contributed by atoms with Gasteiger partial charge in [0.1, 0.15) is 12.1 Å². The SMILES string of the molecule is O=C(COc1ccc(-n2cnnn2)cc1)N(Cc1ccc2cc[nH]c2c1)C1CC1. The number of H-pyrrole nitrogens is 1. The third kappa shape index (κ3) is 3.82. The Bertz CT molecular complexity index is 1120. The summed E-state index contributed by atoms with van der Waals surface area (Å²) in [7, 11) is 0. The summed E-state index contributed by atoms with van der Waals surface area (Å²) in [4.78, 5) is 18.0. The lowest BCUT2D eigenvalue weighted by atomic mass is 10.1. The van der Waals surface area contributed by atoms with Crippen LogP contribution < -0.4 is 4.74 Å². The summed E-state index contributed by atoms with van der Waals surface area (Å²) in [6, 6.07) is 15.9. The summed E-state index contributed by atoms with van der Waals surface area (Å²) in [6.45, 7) is 0.617. The first-order valence-electron chi connectivity index (χ1n) is 9.58. The van der Waals surface area contributed by atoms with Crippen molar-refractivity contribution >= 4 is 16.8 Å². The number of aromatic nitrogens is 5. The molecule has 8 nitrogen and oxygen atoms in total. The molecule has 0 atom stereocenters. The van der Waals surface area contributed by atoms with Gasteiger partial charge in [0.25, 0.3) is 5.91 Å². The van der Waals surface area contributed by atoms with E-state index in [0.717, 1.165) is 29.6 Å². The Kier molecular flexibility index (Phi) is 4.44. The van der Waals surface area contributed by atoms with Crippen LogP contribution in [-0.2, 0) is 11.3 Å². The van der Waals surface area contributed by atoms with Crippen LogP contribution in [0.25, 0.3) is 16.6 Å². The number of rotatable bonds is 7. The van der Waals surface area contributed by atoms with E-state index >= 15 is 0 Å². The number of benzene rings is 2. The van der Waals surface area contributed by atoms with Crippen LogP contribution in [0.3, 0.4) is 0 Å². The molecule has 1 aliphatic rings. The minimum absolute atomic E-state index is 0.00337. The Morgan fingerprint density at radius 2 is 2.03 bits per heavy atom. The third-order valence-corrected chi connectivity index (χ3v) is 5.09. The van der Waals surface area contributed by atoms with E-state index in [9.17, 15) is 4.79 Å². The highest BCUT2D eigenvalue weighted by molar-refractivity contribution is 5.81. The number of tetrazole rings is 1. The van der Waals surface area contributed by atoms with E-state index in [0.29, 0.717) is 18.3 Å². The van der Waals surface area contributed by atoms with Gasteiger partial charge in [-0.05, 0) is 70.6 Å². The molecule has 1 amide bonds. The van der Waals surface area contributed by atoms with Gasteiger partial charge in [-0.25, -0.2) is 4.68 Å². The standard InChI is InChI=1S/C21H20N6O2/c28-21(13-29-19-7-5-18(6-8-19)27-14-23-24-25-27)26(17-3-4-17)12-15-1-2-16-9-10-22-20(16)11-15/h1-2,5-11,14,17,22H,3-4,12-13H2. The average molecular weight is 388 g/mol. The van der Waals surface area contributed by atoms with Crippen molar-refractivity contribution in [1.29, 1.82) is 0 Å². The van der Waals surface area contributed by atoms with E-state index in [1.54, 1.807) is 4.68 Å². The first-order chi connectivity index (χ1) is 14.3. The molecule has 0 saturated heterocycles. The van der Waals surface area contributed by atoms with Gasteiger partial charge in [-0.15, -0.1) is 5.10 Å². The zero-order valence-electron chi connectivity index (χ0n) is 15.7. The molecular weight excluding hydrogens is 368 g/mol. The smallest absolute Gasteiger partial charge is 0.261 e. The molecule has 0 radical (unpaired) electrons. The van der Waals surface area contributed by atoms with E-state index in [2.05, 4.69) is 38.7 Å². The fraction of sp³-hybridized carbons (Fsp3) is 0.238. The molecule has 2 heterocycles. The number of fused-ring (bicyclic) bond motifs is 1. The van der Waals surface area contributed by atoms with E-state index in [-0.39, 0.29) is 12.5 Å². The summed E-state index contributed by atoms with van der Waals surface area (Å²) >= 11 is 0. The molecule has 1 N–H and O–H groups in total. The maximum Gasteiger partial charge on any atom is 0.261 e. The second kappa shape index (κ2) is 7.38. The quantitative estimate of drug-likeness (QED) is 0.526. The van der Waals surface area contributed by atoms with Gasteiger partial charge in [-0.3, -0.25) is 4.79 Å². The molecule has 0 unspecified atom stereocenters. The number of nitrogens with zero attached hydrogens (tertiary/aromatic N) is 5. The van der Waals surface area contributed by atoms with Crippen molar-refractivity contribution in [3.8, 4) is 11.4 Å². The van der Waals surface area contributed by atoms with E-state index in [1.165, 1.54) is 11.7 Å². The molecule has 2 aromatic heterocycles. The fourth-order valence-corrected chi connectivity index (χ4v) is 3.40. The number of nitrogens with one attached hydrogen (secondary N) is 1. The van der Waals surface area contributed by atoms with E-state index in [1.807, 2.05) is 41.4 Å². The first kappa shape index (κ1) is 17.4. The first-order valence-corrected chi connectivity index (χ1v) is 9.58. The molecule has 1 fully saturated rings. The van der Waals surface area contributed by atoms with Crippen molar-refractivity contribution in [1.82, 2.24) is 30.1 Å². The number of hydrogen-bond donors (Lipinski definition) is 1. The minimum Gasteiger partial charge on any atom is -0.484 e. The van der Waals surface area contributed by atoms with Crippen LogP contribution in [-0.4, -0.2) is 48.6 Å². The van der Waals surface area contributed by atoms with Gasteiger partial charge in [0, 0.05) is 24.3 Å². The van der Waals surface area contributed by atoms with Crippen LogP contribution in [0.4, 0.5) is 0 Å². The Morgan fingerprint density at radius 3 is 2.79 bits per heavy atom. The molecule has 2 aromatic carbocycles. The lowest BCUT2D eigenvalue weighted by Crippen LogP contribution is -2.36. The average Bonchev–Trinajstić information content (AvgIpc) is 3.24. The molecule has 0 aliphatic heterocycles. The lowest BCUT2D eigenvalue weighted by molar-refractivity contribution is -0.134. The van der Waals surface area contributed by atoms with Crippen LogP contribution in [0.2, 0.25) is 0 Å². The topological polar surface area (TPSA) is 88.9 Å². The van der Waals surface area contributed by atoms with Crippen molar-refractivity contribution in [3.05, 3.63) is 66.6 Å². The summed E-state index contributed by atoms with van der Waals surface area (Å²) in [5, 5.41) is 12.3. The van der Waals surface area contributed by atoms with E-state index < -0.39 is 0 Å². The zero-order valence-corrected chi connectivity index (χ0v) is 15.7. The summed E-state index contributed by atoms with van der Waals surface area (Å²) in [5.41, 5.74) is 3.03. The Morgan fingerprint density at radius 1 is 1.17 bits per heavy atom. The zero-order chi connectivity index (χ0) is 19.6. The van der Waals surface area contributed by atoms with Gasteiger partial charge in [0.15, 0.2) is 6.61 Å². The highest BCUT2D eigenvalue weighted by Gasteiger charge is 2.32. The molecule has 0 spiro atoms. The van der Waals surface area contributed by atoms with Gasteiger partial charge in [0.2, 0.25) is 0 Å². The highest BCUT2D eigenvalue weighted by Crippen LogP contribution is 2.29. The number of carbonyl (C=O) groups excluding carboxylic acids is 1. The van der Waals surface area contributed by atoms with Gasteiger partial charge in [0.05, 0.1) is 5.69 Å². The number of amides is 1. The van der Waals surface area contributed by atoms with Crippen molar-refractivity contribution < 1.29 is 9.53 Å². The molecule has 1 aliphatic carbocycles. The van der Waals surface area contributed by atoms with Gasteiger partial charge < -0.3 is 14.6 Å². The maximum absolute atomic E-state index is 12.8. The Hall–Kier alpha value is -3.68. The van der Waals surface area contributed by atoms with Crippen LogP contribution in [0.15, 0.2) is 61.1 Å². The Balaban J connectivity index is 1.23.